The molecule has 1 aromatic heterocycles. The van der Waals surface area contributed by atoms with Crippen molar-refractivity contribution in [1.29, 1.82) is 0 Å². The minimum absolute atomic E-state index is 0.0102. The molecule has 0 atom stereocenters. The van der Waals surface area contributed by atoms with Gasteiger partial charge < -0.3 is 9.15 Å². The van der Waals surface area contributed by atoms with E-state index in [1.54, 1.807) is 0 Å². The van der Waals surface area contributed by atoms with Crippen molar-refractivity contribution in [1.82, 2.24) is 0 Å². The maximum Gasteiger partial charge on any atom is 0.416 e. The first kappa shape index (κ1) is 22.2. The summed E-state index contributed by atoms with van der Waals surface area (Å²) in [7, 11) is 0. The molecule has 1 heterocycles. The zero-order valence-electron chi connectivity index (χ0n) is 15.3. The molecule has 0 spiro atoms. The molecule has 164 valence electrons. The number of amides is 1. The molecular weight excluding hydrogens is 435 g/mol. The van der Waals surface area contributed by atoms with Gasteiger partial charge in [-0.2, -0.15) is 26.3 Å². The van der Waals surface area contributed by atoms with Crippen LogP contribution in [0.5, 0.6) is 0 Å². The van der Waals surface area contributed by atoms with E-state index in [1.165, 1.54) is 18.2 Å². The molecule has 0 aliphatic carbocycles. The molecule has 11 heteroatoms. The van der Waals surface area contributed by atoms with E-state index in [9.17, 15) is 35.5 Å². The predicted octanol–water partition coefficient (Wildman–Crippen LogP) is 6.87. The molecule has 2 aromatic carbocycles. The van der Waals surface area contributed by atoms with Crippen LogP contribution >= 0.6 is 0 Å². The highest BCUT2D eigenvalue weighted by Crippen LogP contribution is 2.39. The quantitative estimate of drug-likeness (QED) is 0.444. The summed E-state index contributed by atoms with van der Waals surface area (Å²) in [5.41, 5.74) is -3.16. The smallest absolute Gasteiger partial charge is 0.416 e. The van der Waals surface area contributed by atoms with Crippen LogP contribution in [0.1, 0.15) is 16.9 Å². The van der Waals surface area contributed by atoms with Gasteiger partial charge in [0, 0.05) is 11.3 Å². The molecule has 0 unspecified atom stereocenters. The number of halogens is 7. The van der Waals surface area contributed by atoms with Crippen LogP contribution in [0.25, 0.3) is 11.3 Å². The number of furan rings is 1. The maximum absolute atomic E-state index is 13.0. The highest BCUT2D eigenvalue weighted by atomic mass is 19.4. The number of alkyl halides is 6. The molecule has 3 rings (SSSR count). The first-order chi connectivity index (χ1) is 14.4. The average Bonchev–Trinajstić information content (AvgIpc) is 3.16. The monoisotopic (exact) mass is 447 g/mol. The highest BCUT2D eigenvalue weighted by Gasteiger charge is 2.37. The van der Waals surface area contributed by atoms with Crippen molar-refractivity contribution in [3.63, 3.8) is 0 Å². The van der Waals surface area contributed by atoms with E-state index in [0.717, 1.165) is 18.2 Å². The van der Waals surface area contributed by atoms with Gasteiger partial charge in [0.1, 0.15) is 17.3 Å². The summed E-state index contributed by atoms with van der Waals surface area (Å²) >= 11 is 0. The molecule has 31 heavy (non-hydrogen) atoms. The number of ether oxygens (including phenoxy) is 1. The van der Waals surface area contributed by atoms with Crippen molar-refractivity contribution in [3.8, 4) is 11.3 Å². The van der Waals surface area contributed by atoms with E-state index in [2.05, 4.69) is 5.32 Å². The molecule has 1 amide bonds. The predicted molar refractivity (Wildman–Crippen MR) is 94.4 cm³/mol. The zero-order valence-corrected chi connectivity index (χ0v) is 15.3. The van der Waals surface area contributed by atoms with Crippen molar-refractivity contribution in [3.05, 3.63) is 77.3 Å². The second-order valence-corrected chi connectivity index (χ2v) is 6.27. The lowest BCUT2D eigenvalue weighted by Gasteiger charge is -2.13. The Morgan fingerprint density at radius 1 is 0.871 bits per heavy atom. The van der Waals surface area contributed by atoms with E-state index >= 15 is 0 Å². The molecule has 1 N–H and O–H groups in total. The zero-order chi connectivity index (χ0) is 22.8. The van der Waals surface area contributed by atoms with Crippen molar-refractivity contribution < 1.29 is 44.7 Å². The minimum Gasteiger partial charge on any atom is -0.457 e. The Labute approximate surface area is 170 Å². The van der Waals surface area contributed by atoms with E-state index in [1.807, 2.05) is 0 Å². The fourth-order valence-electron chi connectivity index (χ4n) is 2.53. The Kier molecular flexibility index (Phi) is 5.96. The minimum atomic E-state index is -4.99. The molecule has 0 bridgehead atoms. The molecule has 4 nitrogen and oxygen atoms in total. The van der Waals surface area contributed by atoms with Gasteiger partial charge >= 0.3 is 18.4 Å². The molecule has 0 aliphatic heterocycles. The number of carbonyl (C=O) groups is 1. The lowest BCUT2D eigenvalue weighted by molar-refractivity contribution is -0.143. The van der Waals surface area contributed by atoms with Gasteiger partial charge in [0.05, 0.1) is 11.1 Å². The van der Waals surface area contributed by atoms with Gasteiger partial charge in [-0.15, -0.1) is 0 Å². The summed E-state index contributed by atoms with van der Waals surface area (Å²) in [5, 5.41) is 2.31. The summed E-state index contributed by atoms with van der Waals surface area (Å²) in [4.78, 5) is 11.7. The van der Waals surface area contributed by atoms with Crippen LogP contribution in [-0.2, 0) is 23.7 Å². The van der Waals surface area contributed by atoms with Gasteiger partial charge in [-0.3, -0.25) is 5.32 Å². The van der Waals surface area contributed by atoms with Crippen molar-refractivity contribution in [2.45, 2.75) is 19.0 Å². The van der Waals surface area contributed by atoms with Crippen molar-refractivity contribution >= 4 is 11.8 Å². The molecule has 0 fully saturated rings. The molecule has 0 radical (unpaired) electrons. The lowest BCUT2D eigenvalue weighted by atomic mass is 10.0. The number of hydrogen-bond acceptors (Lipinski definition) is 3. The van der Waals surface area contributed by atoms with Gasteiger partial charge in [-0.05, 0) is 54.6 Å². The van der Waals surface area contributed by atoms with Crippen LogP contribution in [-0.4, -0.2) is 6.09 Å². The fraction of sp³-hybridized carbons (Fsp3) is 0.150. The summed E-state index contributed by atoms with van der Waals surface area (Å²) in [6, 6.07) is 8.26. The summed E-state index contributed by atoms with van der Waals surface area (Å²) in [5.74, 6) is -0.797. The second kappa shape index (κ2) is 8.32. The number of rotatable bonds is 4. The lowest BCUT2D eigenvalue weighted by Crippen LogP contribution is -2.13. The summed E-state index contributed by atoms with van der Waals surface area (Å²) < 4.78 is 101. The van der Waals surface area contributed by atoms with E-state index in [0.29, 0.717) is 12.1 Å². The largest absolute Gasteiger partial charge is 0.457 e. The number of anilines is 1. The van der Waals surface area contributed by atoms with Crippen LogP contribution in [0.4, 0.5) is 41.2 Å². The third-order valence-electron chi connectivity index (χ3n) is 3.97. The summed E-state index contributed by atoms with van der Waals surface area (Å²) in [6.07, 6.45) is -10.9. The van der Waals surface area contributed by atoms with Gasteiger partial charge in [0.2, 0.25) is 0 Å². The van der Waals surface area contributed by atoms with Crippen molar-refractivity contribution in [2.75, 3.05) is 5.32 Å². The van der Waals surface area contributed by atoms with Crippen LogP contribution in [0.2, 0.25) is 0 Å². The first-order valence-electron chi connectivity index (χ1n) is 8.50. The van der Waals surface area contributed by atoms with Crippen LogP contribution in [0.15, 0.2) is 59.0 Å². The van der Waals surface area contributed by atoms with Gasteiger partial charge in [-0.25, -0.2) is 9.18 Å². The van der Waals surface area contributed by atoms with E-state index in [-0.39, 0.29) is 23.3 Å². The number of carbonyl (C=O) groups excluding carboxylic acids is 1. The Bertz CT molecular complexity index is 1040. The molecular formula is C20H12F7NO3. The van der Waals surface area contributed by atoms with E-state index in [4.69, 9.17) is 9.15 Å². The number of hydrogen-bond donors (Lipinski definition) is 1. The van der Waals surface area contributed by atoms with Gasteiger partial charge in [0.25, 0.3) is 0 Å². The van der Waals surface area contributed by atoms with E-state index < -0.39 is 47.6 Å². The first-order valence-corrected chi connectivity index (χ1v) is 8.50. The highest BCUT2D eigenvalue weighted by molar-refractivity contribution is 5.84. The maximum atomic E-state index is 13.0. The molecule has 0 saturated heterocycles. The molecule has 3 aromatic rings. The Morgan fingerprint density at radius 3 is 2.00 bits per heavy atom. The van der Waals surface area contributed by atoms with Gasteiger partial charge in [-0.1, -0.05) is 0 Å². The fourth-order valence-corrected chi connectivity index (χ4v) is 2.53. The second-order valence-electron chi connectivity index (χ2n) is 6.27. The molecule has 0 saturated carbocycles. The Morgan fingerprint density at radius 2 is 1.45 bits per heavy atom. The topological polar surface area (TPSA) is 51.5 Å². The van der Waals surface area contributed by atoms with Crippen LogP contribution < -0.4 is 5.32 Å². The third kappa shape index (κ3) is 5.77. The number of benzene rings is 2. The van der Waals surface area contributed by atoms with Crippen LogP contribution in [0, 0.1) is 5.82 Å². The Balaban J connectivity index is 1.74. The summed E-state index contributed by atoms with van der Waals surface area (Å²) in [6.45, 7) is -0.446. The standard InChI is InChI=1S/C20H12F7NO3/c21-14-1-3-15(4-2-14)28-18(29)30-10-16-5-6-17(31-16)11-7-12(19(22,23)24)9-13(8-11)20(25,26)27/h1-9H,10H2,(H,28,29). The molecule has 0 aliphatic rings. The normalized spacial score (nSPS) is 12.0. The van der Waals surface area contributed by atoms with Crippen LogP contribution in [0.3, 0.4) is 0 Å². The van der Waals surface area contributed by atoms with Gasteiger partial charge in [0.15, 0.2) is 6.61 Å². The Hall–Kier alpha value is -3.50. The SMILES string of the molecule is O=C(Nc1ccc(F)cc1)OCc1ccc(-c2cc(C(F)(F)F)cc(C(F)(F)F)c2)o1. The average molecular weight is 447 g/mol. The number of nitrogens with one attached hydrogen (secondary N) is 1. The van der Waals surface area contributed by atoms with Crippen molar-refractivity contribution in [2.24, 2.45) is 0 Å². The third-order valence-corrected chi connectivity index (χ3v) is 3.97.